The summed E-state index contributed by atoms with van der Waals surface area (Å²) in [6, 6.07) is 11.8. The lowest BCUT2D eigenvalue weighted by molar-refractivity contribution is 0.856. The minimum Gasteiger partial charge on any atom is -0.265 e. The van der Waals surface area contributed by atoms with Gasteiger partial charge in [-0.2, -0.15) is 5.10 Å². The zero-order chi connectivity index (χ0) is 14.9. The third kappa shape index (κ3) is 2.14. The summed E-state index contributed by atoms with van der Waals surface area (Å²) in [5, 5.41) is 7.01. The van der Waals surface area contributed by atoms with Gasteiger partial charge in [-0.15, -0.1) is 0 Å². The van der Waals surface area contributed by atoms with E-state index in [4.69, 9.17) is 11.6 Å². The fourth-order valence-corrected chi connectivity index (χ4v) is 2.67. The van der Waals surface area contributed by atoms with Crippen molar-refractivity contribution in [3.05, 3.63) is 72.4 Å². The zero-order valence-electron chi connectivity index (χ0n) is 11.5. The summed E-state index contributed by atoms with van der Waals surface area (Å²) in [6.07, 6.45) is 8.97. The van der Waals surface area contributed by atoms with Crippen molar-refractivity contribution in [2.45, 2.75) is 0 Å². The molecule has 3 aromatic heterocycles. The molecule has 106 valence electrons. The van der Waals surface area contributed by atoms with Gasteiger partial charge in [0.2, 0.25) is 0 Å². The Bertz CT molecular complexity index is 947. The quantitative estimate of drug-likeness (QED) is 0.559. The number of fused-ring (bicyclic) bond motifs is 1. The Morgan fingerprint density at radius 1 is 0.864 bits per heavy atom. The van der Waals surface area contributed by atoms with E-state index in [1.165, 1.54) is 0 Å². The molecule has 0 saturated heterocycles. The molecule has 0 N–H and O–H groups in total. The summed E-state index contributed by atoms with van der Waals surface area (Å²) in [5.41, 5.74) is 2.09. The van der Waals surface area contributed by atoms with Crippen LogP contribution in [0.2, 0.25) is 5.02 Å². The highest BCUT2D eigenvalue weighted by molar-refractivity contribution is 6.35. The van der Waals surface area contributed by atoms with Crippen molar-refractivity contribution in [3.63, 3.8) is 0 Å². The van der Waals surface area contributed by atoms with Crippen molar-refractivity contribution in [2.24, 2.45) is 0 Å². The Kier molecular flexibility index (Phi) is 3.09. The molecule has 4 aromatic rings. The summed E-state index contributed by atoms with van der Waals surface area (Å²) < 4.78 is 1.77. The lowest BCUT2D eigenvalue weighted by Crippen LogP contribution is -1.99. The topological polar surface area (TPSA) is 43.6 Å². The first-order valence-electron chi connectivity index (χ1n) is 6.81. The summed E-state index contributed by atoms with van der Waals surface area (Å²) in [5.74, 6) is 0.764. The number of rotatable bonds is 2. The molecule has 0 spiro atoms. The molecule has 0 radical (unpaired) electrons. The molecular weight excluding hydrogens is 296 g/mol. The molecule has 0 aliphatic heterocycles. The van der Waals surface area contributed by atoms with Crippen LogP contribution < -0.4 is 0 Å². The van der Waals surface area contributed by atoms with Gasteiger partial charge in [-0.05, 0) is 17.7 Å². The van der Waals surface area contributed by atoms with Gasteiger partial charge in [-0.1, -0.05) is 35.9 Å². The number of halogens is 1. The first-order chi connectivity index (χ1) is 10.8. The van der Waals surface area contributed by atoms with Gasteiger partial charge in [0.15, 0.2) is 5.82 Å². The maximum absolute atomic E-state index is 6.22. The van der Waals surface area contributed by atoms with Crippen molar-refractivity contribution in [1.82, 2.24) is 19.7 Å². The van der Waals surface area contributed by atoms with E-state index in [0.29, 0.717) is 5.02 Å². The molecule has 0 fully saturated rings. The van der Waals surface area contributed by atoms with Crippen molar-refractivity contribution >= 4 is 22.4 Å². The van der Waals surface area contributed by atoms with Crippen molar-refractivity contribution < 1.29 is 0 Å². The molecule has 0 aliphatic carbocycles. The van der Waals surface area contributed by atoms with Gasteiger partial charge in [0.1, 0.15) is 0 Å². The number of pyridine rings is 2. The van der Waals surface area contributed by atoms with Crippen molar-refractivity contribution in [3.8, 4) is 16.9 Å². The van der Waals surface area contributed by atoms with Crippen LogP contribution in [0.25, 0.3) is 27.7 Å². The molecule has 1 aromatic carbocycles. The fraction of sp³-hybridized carbons (Fsp3) is 0. The van der Waals surface area contributed by atoms with Crippen molar-refractivity contribution in [2.75, 3.05) is 0 Å². The van der Waals surface area contributed by atoms with E-state index >= 15 is 0 Å². The van der Waals surface area contributed by atoms with Gasteiger partial charge in [-0.25, -0.2) is 9.67 Å². The van der Waals surface area contributed by atoms with E-state index in [0.717, 1.165) is 27.7 Å². The van der Waals surface area contributed by atoms with E-state index in [-0.39, 0.29) is 0 Å². The number of nitrogens with zero attached hydrogens (tertiary/aromatic N) is 4. The van der Waals surface area contributed by atoms with Crippen LogP contribution >= 0.6 is 11.6 Å². The molecule has 0 unspecified atom stereocenters. The predicted molar refractivity (Wildman–Crippen MR) is 87.1 cm³/mol. The third-order valence-electron chi connectivity index (χ3n) is 3.54. The average Bonchev–Trinajstić information content (AvgIpc) is 3.06. The van der Waals surface area contributed by atoms with Gasteiger partial charge < -0.3 is 0 Å². The second kappa shape index (κ2) is 5.24. The Balaban J connectivity index is 1.87. The summed E-state index contributed by atoms with van der Waals surface area (Å²) in [6.45, 7) is 0. The second-order valence-corrected chi connectivity index (χ2v) is 5.29. The normalized spacial score (nSPS) is 11.0. The van der Waals surface area contributed by atoms with Gasteiger partial charge in [0.25, 0.3) is 0 Å². The van der Waals surface area contributed by atoms with E-state index in [2.05, 4.69) is 15.1 Å². The SMILES string of the molecule is Clc1cnc(-n2cc(-c3ccncc3)cn2)c2ccccc12. The number of benzene rings is 1. The van der Waals surface area contributed by atoms with E-state index < -0.39 is 0 Å². The van der Waals surface area contributed by atoms with E-state index in [1.807, 2.05) is 48.8 Å². The van der Waals surface area contributed by atoms with Crippen LogP contribution in [0.15, 0.2) is 67.4 Å². The van der Waals surface area contributed by atoms with Crippen LogP contribution in [-0.2, 0) is 0 Å². The van der Waals surface area contributed by atoms with E-state index in [1.54, 1.807) is 23.3 Å². The molecule has 22 heavy (non-hydrogen) atoms. The van der Waals surface area contributed by atoms with Crippen LogP contribution in [-0.4, -0.2) is 19.7 Å². The molecule has 0 aliphatic rings. The summed E-state index contributed by atoms with van der Waals surface area (Å²) >= 11 is 6.22. The molecule has 5 heteroatoms. The van der Waals surface area contributed by atoms with Gasteiger partial charge in [0.05, 0.1) is 11.2 Å². The Hall–Kier alpha value is -2.72. The maximum Gasteiger partial charge on any atom is 0.161 e. The first kappa shape index (κ1) is 13.0. The molecule has 3 heterocycles. The van der Waals surface area contributed by atoms with Gasteiger partial charge >= 0.3 is 0 Å². The van der Waals surface area contributed by atoms with Crippen LogP contribution in [0.4, 0.5) is 0 Å². The van der Waals surface area contributed by atoms with Crippen molar-refractivity contribution in [1.29, 1.82) is 0 Å². The molecule has 0 amide bonds. The highest BCUT2D eigenvalue weighted by Gasteiger charge is 2.09. The number of hydrogen-bond acceptors (Lipinski definition) is 3. The zero-order valence-corrected chi connectivity index (χ0v) is 12.3. The first-order valence-corrected chi connectivity index (χ1v) is 7.19. The van der Waals surface area contributed by atoms with Gasteiger partial charge in [0, 0.05) is 41.1 Å². The number of hydrogen-bond donors (Lipinski definition) is 0. The average molecular weight is 307 g/mol. The summed E-state index contributed by atoms with van der Waals surface area (Å²) in [4.78, 5) is 8.47. The minimum absolute atomic E-state index is 0.640. The number of aromatic nitrogens is 4. The van der Waals surface area contributed by atoms with E-state index in [9.17, 15) is 0 Å². The fourth-order valence-electron chi connectivity index (χ4n) is 2.46. The lowest BCUT2D eigenvalue weighted by Gasteiger charge is -2.06. The second-order valence-electron chi connectivity index (χ2n) is 4.88. The minimum atomic E-state index is 0.640. The third-order valence-corrected chi connectivity index (χ3v) is 3.84. The summed E-state index contributed by atoms with van der Waals surface area (Å²) in [7, 11) is 0. The molecule has 0 saturated carbocycles. The highest BCUT2D eigenvalue weighted by Crippen LogP contribution is 2.27. The van der Waals surface area contributed by atoms with Crippen LogP contribution in [0.1, 0.15) is 0 Å². The Morgan fingerprint density at radius 3 is 2.45 bits per heavy atom. The monoisotopic (exact) mass is 306 g/mol. The van der Waals surface area contributed by atoms with Gasteiger partial charge in [-0.3, -0.25) is 4.98 Å². The Labute approximate surface area is 132 Å². The molecule has 4 rings (SSSR count). The lowest BCUT2D eigenvalue weighted by atomic mass is 10.1. The molecular formula is C17H11ClN4. The molecule has 4 nitrogen and oxygen atoms in total. The molecule has 0 bridgehead atoms. The van der Waals surface area contributed by atoms with Crippen LogP contribution in [0.3, 0.4) is 0 Å². The standard InChI is InChI=1S/C17H11ClN4/c18-16-10-20-17(15-4-2-1-3-14(15)16)22-11-13(9-21-22)12-5-7-19-8-6-12/h1-11H. The highest BCUT2D eigenvalue weighted by atomic mass is 35.5. The van der Waals surface area contributed by atoms with Crippen LogP contribution in [0.5, 0.6) is 0 Å². The smallest absolute Gasteiger partial charge is 0.161 e. The maximum atomic E-state index is 6.22. The largest absolute Gasteiger partial charge is 0.265 e. The predicted octanol–water partition coefficient (Wildman–Crippen LogP) is 4.14. The Morgan fingerprint density at radius 2 is 1.64 bits per heavy atom. The van der Waals surface area contributed by atoms with Crippen LogP contribution in [0, 0.1) is 0 Å². The molecule has 0 atom stereocenters.